The molecule has 5 rings (SSSR count). The van der Waals surface area contributed by atoms with E-state index in [4.69, 9.17) is 4.74 Å². The Labute approximate surface area is 184 Å². The van der Waals surface area contributed by atoms with Crippen LogP contribution >= 0.6 is 0 Å². The number of halogens is 1. The van der Waals surface area contributed by atoms with Crippen LogP contribution in [0.4, 0.5) is 5.69 Å². The molecule has 2 heterocycles. The number of hydrogen-bond acceptors (Lipinski definition) is 2. The number of hydrogen-bond donors (Lipinski definition) is 2. The molecule has 1 aromatic heterocycles. The third-order valence-corrected chi connectivity index (χ3v) is 6.39. The first kappa shape index (κ1) is 21.0. The van der Waals surface area contributed by atoms with E-state index in [9.17, 15) is 0 Å². The van der Waals surface area contributed by atoms with Crippen LogP contribution in [0.15, 0.2) is 42.5 Å². The summed E-state index contributed by atoms with van der Waals surface area (Å²) in [7, 11) is 1.73. The molecule has 0 aliphatic carbocycles. The number of likely N-dealkylation sites (tertiary alicyclic amines) is 1. The predicted octanol–water partition coefficient (Wildman–Crippen LogP) is 1.48. The fraction of sp³-hybridized carbons (Fsp3) is 0.360. The highest BCUT2D eigenvalue weighted by Gasteiger charge is 2.14. The zero-order valence-corrected chi connectivity index (χ0v) is 18.6. The van der Waals surface area contributed by atoms with E-state index in [1.165, 1.54) is 77.2 Å². The molecule has 0 bridgehead atoms. The maximum absolute atomic E-state index is 5.49. The lowest BCUT2D eigenvalue weighted by Crippen LogP contribution is -3.00. The first-order valence-corrected chi connectivity index (χ1v) is 10.8. The van der Waals surface area contributed by atoms with Crippen molar-refractivity contribution in [2.45, 2.75) is 26.2 Å². The normalized spacial score (nSPS) is 15.0. The number of nitrogens with zero attached hydrogens (tertiary/aromatic N) is 1. The number of benzene rings is 3. The first-order valence-electron chi connectivity index (χ1n) is 10.8. The molecule has 0 spiro atoms. The van der Waals surface area contributed by atoms with Crippen LogP contribution in [0, 0.1) is 6.92 Å². The van der Waals surface area contributed by atoms with Crippen molar-refractivity contribution in [2.24, 2.45) is 0 Å². The Morgan fingerprint density at radius 2 is 1.83 bits per heavy atom. The van der Waals surface area contributed by atoms with Crippen LogP contribution in [0.2, 0.25) is 0 Å². The summed E-state index contributed by atoms with van der Waals surface area (Å²) < 4.78 is 5.49. The molecule has 4 nitrogen and oxygen atoms in total. The van der Waals surface area contributed by atoms with E-state index in [1.54, 1.807) is 7.11 Å². The fourth-order valence-electron chi connectivity index (χ4n) is 4.82. The number of H-pyrrole nitrogens is 1. The van der Waals surface area contributed by atoms with Crippen LogP contribution < -0.4 is 22.5 Å². The predicted molar refractivity (Wildman–Crippen MR) is 121 cm³/mol. The molecule has 30 heavy (non-hydrogen) atoms. The van der Waals surface area contributed by atoms with Crippen LogP contribution in [0.25, 0.3) is 32.6 Å². The molecule has 158 valence electrons. The molecule has 4 aromatic rings. The van der Waals surface area contributed by atoms with Crippen LogP contribution in [-0.4, -0.2) is 43.2 Å². The molecule has 0 atom stereocenters. The number of aromatic nitrogens is 1. The Kier molecular flexibility index (Phi) is 6.19. The van der Waals surface area contributed by atoms with Gasteiger partial charge in [0.1, 0.15) is 11.4 Å². The zero-order chi connectivity index (χ0) is 19.8. The highest BCUT2D eigenvalue weighted by atomic mass is 35.5. The van der Waals surface area contributed by atoms with Crippen LogP contribution in [-0.2, 0) is 0 Å². The van der Waals surface area contributed by atoms with Gasteiger partial charge in [0.05, 0.1) is 19.2 Å². The minimum Gasteiger partial charge on any atom is -1.00 e. The third-order valence-electron chi connectivity index (χ3n) is 6.39. The van der Waals surface area contributed by atoms with Crippen LogP contribution in [0.1, 0.15) is 24.8 Å². The van der Waals surface area contributed by atoms with Crippen molar-refractivity contribution in [3.63, 3.8) is 0 Å². The number of ether oxygens (including phenoxy) is 1. The van der Waals surface area contributed by atoms with E-state index in [-0.39, 0.29) is 12.4 Å². The van der Waals surface area contributed by atoms with Gasteiger partial charge in [0, 0.05) is 28.9 Å². The Hall–Kier alpha value is -2.27. The smallest absolute Gasteiger partial charge is 0.130 e. The van der Waals surface area contributed by atoms with Gasteiger partial charge in [-0.25, -0.2) is 0 Å². The molecule has 1 fully saturated rings. The number of aromatic amines is 1. The average molecular weight is 424 g/mol. The number of quaternary nitrogens is 1. The number of rotatable bonds is 5. The molecular formula is C25H30ClN3O. The van der Waals surface area contributed by atoms with Crippen LogP contribution in [0.5, 0.6) is 5.75 Å². The number of nitrogens with two attached hydrogens (primary N) is 1. The quantitative estimate of drug-likeness (QED) is 0.477. The zero-order valence-electron chi connectivity index (χ0n) is 17.8. The van der Waals surface area contributed by atoms with Crippen molar-refractivity contribution < 1.29 is 22.5 Å². The number of nitrogens with one attached hydrogen (secondary N) is 1. The minimum absolute atomic E-state index is 0. The summed E-state index contributed by atoms with van der Waals surface area (Å²) in [6.45, 7) is 7.01. The number of methoxy groups -OCH3 is 1. The van der Waals surface area contributed by atoms with Crippen molar-refractivity contribution in [3.05, 3.63) is 48.0 Å². The van der Waals surface area contributed by atoms with Gasteiger partial charge in [-0.05, 0) is 85.6 Å². The SMILES string of the molecule is COc1ccc2[nH]c3c(C)cc4ccc([NH2+]CCN5CCCCC5)cc4c3c2c1.[Cl-]. The van der Waals surface area contributed by atoms with Gasteiger partial charge in [0.15, 0.2) is 0 Å². The number of piperidine rings is 1. The van der Waals surface area contributed by atoms with E-state index in [2.05, 4.69) is 58.5 Å². The van der Waals surface area contributed by atoms with E-state index in [0.717, 1.165) is 17.8 Å². The molecule has 3 aromatic carbocycles. The maximum Gasteiger partial charge on any atom is 0.130 e. The van der Waals surface area contributed by atoms with Gasteiger partial charge in [-0.1, -0.05) is 6.42 Å². The highest BCUT2D eigenvalue weighted by Crippen LogP contribution is 2.36. The van der Waals surface area contributed by atoms with Gasteiger partial charge in [0.2, 0.25) is 0 Å². The maximum atomic E-state index is 5.49. The second-order valence-corrected chi connectivity index (χ2v) is 8.36. The lowest BCUT2D eigenvalue weighted by atomic mass is 10.00. The molecule has 5 heteroatoms. The summed E-state index contributed by atoms with van der Waals surface area (Å²) in [6.07, 6.45) is 4.12. The second kappa shape index (κ2) is 8.84. The van der Waals surface area contributed by atoms with Gasteiger partial charge < -0.3 is 27.4 Å². The number of aryl methyl sites for hydroxylation is 1. The number of fused-ring (bicyclic) bond motifs is 5. The highest BCUT2D eigenvalue weighted by molar-refractivity contribution is 6.21. The van der Waals surface area contributed by atoms with Gasteiger partial charge >= 0.3 is 0 Å². The molecule has 0 saturated carbocycles. The molecule has 0 amide bonds. The van der Waals surface area contributed by atoms with E-state index >= 15 is 0 Å². The average Bonchev–Trinajstić information content (AvgIpc) is 3.14. The lowest BCUT2D eigenvalue weighted by molar-refractivity contribution is -0.571. The lowest BCUT2D eigenvalue weighted by Gasteiger charge is -2.25. The summed E-state index contributed by atoms with van der Waals surface area (Å²) in [5.74, 6) is 0.900. The summed E-state index contributed by atoms with van der Waals surface area (Å²) >= 11 is 0. The second-order valence-electron chi connectivity index (χ2n) is 8.36. The first-order chi connectivity index (χ1) is 14.2. The summed E-state index contributed by atoms with van der Waals surface area (Å²) in [5, 5.41) is 7.55. The molecular weight excluding hydrogens is 394 g/mol. The van der Waals surface area contributed by atoms with E-state index in [1.807, 2.05) is 6.07 Å². The van der Waals surface area contributed by atoms with Crippen molar-refractivity contribution in [1.29, 1.82) is 0 Å². The Morgan fingerprint density at radius 3 is 2.63 bits per heavy atom. The van der Waals surface area contributed by atoms with E-state index in [0.29, 0.717) is 0 Å². The molecule has 1 aliphatic heterocycles. The third kappa shape index (κ3) is 3.87. The summed E-state index contributed by atoms with van der Waals surface area (Å²) in [5.41, 5.74) is 4.99. The van der Waals surface area contributed by atoms with Crippen molar-refractivity contribution in [3.8, 4) is 5.75 Å². The molecule has 1 saturated heterocycles. The van der Waals surface area contributed by atoms with Crippen LogP contribution in [0.3, 0.4) is 0 Å². The minimum atomic E-state index is 0. The fourth-order valence-corrected chi connectivity index (χ4v) is 4.82. The molecule has 3 N–H and O–H groups in total. The Bertz CT molecular complexity index is 1180. The van der Waals surface area contributed by atoms with Crippen molar-refractivity contribution in [1.82, 2.24) is 9.88 Å². The monoisotopic (exact) mass is 423 g/mol. The van der Waals surface area contributed by atoms with E-state index < -0.39 is 0 Å². The van der Waals surface area contributed by atoms with Crippen molar-refractivity contribution in [2.75, 3.05) is 33.3 Å². The van der Waals surface area contributed by atoms with Gasteiger partial charge in [0.25, 0.3) is 0 Å². The largest absolute Gasteiger partial charge is 1.00 e. The van der Waals surface area contributed by atoms with Gasteiger partial charge in [-0.2, -0.15) is 0 Å². The van der Waals surface area contributed by atoms with Gasteiger partial charge in [-0.15, -0.1) is 0 Å². The summed E-state index contributed by atoms with van der Waals surface area (Å²) in [4.78, 5) is 6.23. The molecule has 0 unspecified atom stereocenters. The Balaban J connectivity index is 0.00000218. The Morgan fingerprint density at radius 1 is 1.00 bits per heavy atom. The molecule has 0 radical (unpaired) electrons. The topological polar surface area (TPSA) is 44.9 Å². The standard InChI is InChI=1S/C25H29N3O.ClH/c1-17-14-18-6-7-19(26-10-13-28-11-4-3-5-12-28)15-21(18)24-22-16-20(29-2)8-9-23(22)27-25(17)24;/h6-9,14-16,26-27H,3-5,10-13H2,1-2H3;1H. The van der Waals surface area contributed by atoms with Gasteiger partial charge in [-0.3, -0.25) is 4.90 Å². The summed E-state index contributed by atoms with van der Waals surface area (Å²) in [6, 6.07) is 15.5. The molecule has 1 aliphatic rings. The van der Waals surface area contributed by atoms with Crippen molar-refractivity contribution >= 4 is 38.3 Å².